The van der Waals surface area contributed by atoms with Gasteiger partial charge in [-0.1, -0.05) is 23.7 Å². The van der Waals surface area contributed by atoms with Crippen LogP contribution in [0, 0.1) is 0 Å². The number of nitrogen functional groups attached to an aromatic ring is 1. The highest BCUT2D eigenvalue weighted by Crippen LogP contribution is 2.23. The van der Waals surface area contributed by atoms with Crippen LogP contribution in [-0.4, -0.2) is 29.4 Å². The molecule has 0 aliphatic rings. The Kier molecular flexibility index (Phi) is 8.75. The molecule has 24 heavy (non-hydrogen) atoms. The predicted octanol–water partition coefficient (Wildman–Crippen LogP) is 3.96. The summed E-state index contributed by atoms with van der Waals surface area (Å²) in [6.07, 6.45) is 0. The molecule has 0 aromatic heterocycles. The normalized spacial score (nSPS) is 9.58. The van der Waals surface area contributed by atoms with E-state index in [1.54, 1.807) is 55.5 Å². The summed E-state index contributed by atoms with van der Waals surface area (Å²) in [7, 11) is 0. The van der Waals surface area contributed by atoms with E-state index in [-0.39, 0.29) is 5.75 Å². The van der Waals surface area contributed by atoms with E-state index in [1.165, 1.54) is 0 Å². The average Bonchev–Trinajstić information content (AvgIpc) is 2.57. The Hall–Kier alpha value is -2.18. The molecule has 0 radical (unpaired) electrons. The molecule has 2 aromatic rings. The molecule has 0 saturated carbocycles. The number of halogens is 1. The number of thioether (sulfide) groups is 1. The fourth-order valence-electron chi connectivity index (χ4n) is 1.57. The zero-order valence-electron chi connectivity index (χ0n) is 13.1. The summed E-state index contributed by atoms with van der Waals surface area (Å²) >= 11 is 6.67. The van der Waals surface area contributed by atoms with Crippen LogP contribution in [0.25, 0.3) is 0 Å². The molecule has 0 aliphatic heterocycles. The van der Waals surface area contributed by atoms with Crippen LogP contribution in [0.1, 0.15) is 17.3 Å². The number of ether oxygens (including phenoxy) is 1. The Bertz CT molecular complexity index is 656. The summed E-state index contributed by atoms with van der Waals surface area (Å²) in [6, 6.07) is 13.9. The van der Waals surface area contributed by atoms with Gasteiger partial charge in [-0.2, -0.15) is 0 Å². The molecule has 2 rings (SSSR count). The number of hydrogen-bond acceptors (Lipinski definition) is 5. The fourth-order valence-corrected chi connectivity index (χ4v) is 2.46. The Morgan fingerprint density at radius 2 is 1.79 bits per heavy atom. The van der Waals surface area contributed by atoms with E-state index in [0.29, 0.717) is 17.1 Å². The first kappa shape index (κ1) is 19.9. The smallest absolute Gasteiger partial charge is 0.339 e. The van der Waals surface area contributed by atoms with Crippen molar-refractivity contribution in [1.29, 1.82) is 0 Å². The van der Waals surface area contributed by atoms with Crippen molar-refractivity contribution in [3.63, 3.8) is 0 Å². The van der Waals surface area contributed by atoms with E-state index in [0.717, 1.165) is 22.5 Å². The number of rotatable bonds is 5. The number of carboxylic acids is 1. The molecule has 3 N–H and O–H groups in total. The minimum Gasteiger partial charge on any atom is -0.481 e. The van der Waals surface area contributed by atoms with Gasteiger partial charge in [-0.05, 0) is 43.3 Å². The van der Waals surface area contributed by atoms with E-state index in [9.17, 15) is 9.59 Å². The molecule has 0 bridgehead atoms. The third-order valence-electron chi connectivity index (χ3n) is 2.60. The van der Waals surface area contributed by atoms with Crippen molar-refractivity contribution < 1.29 is 19.4 Å². The number of benzene rings is 2. The minimum atomic E-state index is -0.913. The lowest BCUT2D eigenvalue weighted by Crippen LogP contribution is -2.07. The second-order valence-electron chi connectivity index (χ2n) is 4.45. The Labute approximate surface area is 149 Å². The van der Waals surface area contributed by atoms with Crippen molar-refractivity contribution >= 4 is 41.0 Å². The highest BCUT2D eigenvalue weighted by Gasteiger charge is 2.12. The van der Waals surface area contributed by atoms with Crippen LogP contribution in [0.5, 0.6) is 0 Å². The van der Waals surface area contributed by atoms with Gasteiger partial charge < -0.3 is 15.6 Å². The lowest BCUT2D eigenvalue weighted by Gasteiger charge is -2.06. The quantitative estimate of drug-likeness (QED) is 0.472. The first-order valence-electron chi connectivity index (χ1n) is 7.05. The van der Waals surface area contributed by atoms with E-state index < -0.39 is 11.9 Å². The lowest BCUT2D eigenvalue weighted by atomic mass is 10.2. The van der Waals surface area contributed by atoms with Gasteiger partial charge in [0.05, 0.1) is 17.9 Å². The first-order chi connectivity index (χ1) is 11.4. The van der Waals surface area contributed by atoms with Gasteiger partial charge in [-0.15, -0.1) is 11.8 Å². The predicted molar refractivity (Wildman–Crippen MR) is 96.6 cm³/mol. The van der Waals surface area contributed by atoms with Crippen molar-refractivity contribution in [2.75, 3.05) is 18.1 Å². The zero-order chi connectivity index (χ0) is 17.9. The van der Waals surface area contributed by atoms with Crippen LogP contribution in [0.15, 0.2) is 53.4 Å². The molecule has 0 heterocycles. The standard InChI is InChI=1S/C11H12O4S.C6H6ClN/c1-2-15-11(14)8-5-3-4-6-9(8)16-7-10(12)13;7-5-1-3-6(8)4-2-5/h3-6H,2,7H2,1H3,(H,12,13);1-4H,8H2. The summed E-state index contributed by atoms with van der Waals surface area (Å²) in [5.74, 6) is -1.41. The van der Waals surface area contributed by atoms with Crippen molar-refractivity contribution in [2.45, 2.75) is 11.8 Å². The number of anilines is 1. The van der Waals surface area contributed by atoms with Crippen LogP contribution in [0.3, 0.4) is 0 Å². The highest BCUT2D eigenvalue weighted by molar-refractivity contribution is 8.00. The number of carbonyl (C=O) groups is 2. The number of esters is 1. The number of hydrogen-bond donors (Lipinski definition) is 2. The average molecular weight is 368 g/mol. The number of carboxylic acid groups (broad SMARTS) is 1. The zero-order valence-corrected chi connectivity index (χ0v) is 14.6. The molecule has 2 aromatic carbocycles. The lowest BCUT2D eigenvalue weighted by molar-refractivity contribution is -0.133. The molecule has 0 fully saturated rings. The Balaban J connectivity index is 0.000000300. The molecule has 0 unspecified atom stereocenters. The van der Waals surface area contributed by atoms with E-state index in [1.807, 2.05) is 0 Å². The summed E-state index contributed by atoms with van der Waals surface area (Å²) in [6.45, 7) is 2.03. The summed E-state index contributed by atoms with van der Waals surface area (Å²) in [5.41, 5.74) is 6.53. The Morgan fingerprint density at radius 3 is 2.33 bits per heavy atom. The van der Waals surface area contributed by atoms with Gasteiger partial charge in [-0.3, -0.25) is 4.79 Å². The largest absolute Gasteiger partial charge is 0.481 e. The van der Waals surface area contributed by atoms with Gasteiger partial charge >= 0.3 is 11.9 Å². The fraction of sp³-hybridized carbons (Fsp3) is 0.176. The second kappa shape index (κ2) is 10.6. The second-order valence-corrected chi connectivity index (χ2v) is 5.90. The molecule has 7 heteroatoms. The van der Waals surface area contributed by atoms with E-state index in [2.05, 4.69) is 0 Å². The number of aliphatic carboxylic acids is 1. The maximum atomic E-state index is 11.5. The molecule has 0 atom stereocenters. The molecule has 0 saturated heterocycles. The van der Waals surface area contributed by atoms with Gasteiger partial charge in [0.25, 0.3) is 0 Å². The van der Waals surface area contributed by atoms with Gasteiger partial charge in [-0.25, -0.2) is 4.79 Å². The third kappa shape index (κ3) is 7.39. The maximum Gasteiger partial charge on any atom is 0.339 e. The first-order valence-corrected chi connectivity index (χ1v) is 8.42. The monoisotopic (exact) mass is 367 g/mol. The van der Waals surface area contributed by atoms with Crippen molar-refractivity contribution in [1.82, 2.24) is 0 Å². The Morgan fingerprint density at radius 1 is 1.17 bits per heavy atom. The van der Waals surface area contributed by atoms with Crippen LogP contribution in [0.4, 0.5) is 5.69 Å². The van der Waals surface area contributed by atoms with Crippen LogP contribution in [0.2, 0.25) is 5.02 Å². The number of carbonyl (C=O) groups excluding carboxylic acids is 1. The molecular formula is C17H18ClNO4S. The van der Waals surface area contributed by atoms with Gasteiger partial charge in [0.2, 0.25) is 0 Å². The molecular weight excluding hydrogens is 350 g/mol. The molecule has 0 aliphatic carbocycles. The molecule has 0 amide bonds. The van der Waals surface area contributed by atoms with Gasteiger partial charge in [0, 0.05) is 15.6 Å². The molecule has 0 spiro atoms. The van der Waals surface area contributed by atoms with Gasteiger partial charge in [0.1, 0.15) is 0 Å². The molecule has 128 valence electrons. The third-order valence-corrected chi connectivity index (χ3v) is 3.91. The highest BCUT2D eigenvalue weighted by atomic mass is 35.5. The van der Waals surface area contributed by atoms with E-state index in [4.69, 9.17) is 27.2 Å². The summed E-state index contributed by atoms with van der Waals surface area (Å²) in [5, 5.41) is 9.29. The van der Waals surface area contributed by atoms with Crippen LogP contribution >= 0.6 is 23.4 Å². The van der Waals surface area contributed by atoms with E-state index >= 15 is 0 Å². The molecule has 5 nitrogen and oxygen atoms in total. The number of nitrogens with two attached hydrogens (primary N) is 1. The van der Waals surface area contributed by atoms with Crippen molar-refractivity contribution in [3.05, 3.63) is 59.1 Å². The SMILES string of the molecule is CCOC(=O)c1ccccc1SCC(=O)O.Nc1ccc(Cl)cc1. The van der Waals surface area contributed by atoms with Crippen molar-refractivity contribution in [3.8, 4) is 0 Å². The summed E-state index contributed by atoms with van der Waals surface area (Å²) in [4.78, 5) is 22.6. The maximum absolute atomic E-state index is 11.5. The summed E-state index contributed by atoms with van der Waals surface area (Å²) < 4.78 is 4.88. The van der Waals surface area contributed by atoms with Crippen LogP contribution < -0.4 is 5.73 Å². The minimum absolute atomic E-state index is 0.0730. The van der Waals surface area contributed by atoms with Gasteiger partial charge in [0.15, 0.2) is 0 Å². The van der Waals surface area contributed by atoms with Crippen molar-refractivity contribution in [2.24, 2.45) is 0 Å². The van der Waals surface area contributed by atoms with Crippen LogP contribution in [-0.2, 0) is 9.53 Å². The topological polar surface area (TPSA) is 89.6 Å².